The second kappa shape index (κ2) is 10.5. The summed E-state index contributed by atoms with van der Waals surface area (Å²) in [6, 6.07) is 19.0. The Bertz CT molecular complexity index is 1180. The molecule has 0 spiro atoms. The molecule has 3 rings (SSSR count). The number of rotatable bonds is 9. The Balaban J connectivity index is 1.67. The molecule has 0 aromatic heterocycles. The lowest BCUT2D eigenvalue weighted by molar-refractivity contribution is 0.337. The van der Waals surface area contributed by atoms with Crippen molar-refractivity contribution < 1.29 is 13.2 Å². The first-order chi connectivity index (χ1) is 14.8. The first kappa shape index (κ1) is 23.5. The number of nitrogens with one attached hydrogen (secondary N) is 1. The summed E-state index contributed by atoms with van der Waals surface area (Å²) in [5.41, 5.74) is 2.32. The molecule has 0 fully saturated rings. The summed E-state index contributed by atoms with van der Waals surface area (Å²) < 4.78 is 33.4. The van der Waals surface area contributed by atoms with Gasteiger partial charge in [0.1, 0.15) is 5.75 Å². The number of hydrogen-bond donors (Lipinski definition) is 1. The van der Waals surface area contributed by atoms with E-state index in [0.29, 0.717) is 30.2 Å². The van der Waals surface area contributed by atoms with Crippen molar-refractivity contribution in [2.45, 2.75) is 24.7 Å². The highest BCUT2D eigenvalue weighted by atomic mass is 35.5. The van der Waals surface area contributed by atoms with Crippen LogP contribution in [0, 0.1) is 0 Å². The van der Waals surface area contributed by atoms with Crippen LogP contribution in [0.3, 0.4) is 0 Å². The average molecular weight is 494 g/mol. The maximum absolute atomic E-state index is 12.6. The molecule has 0 radical (unpaired) electrons. The Morgan fingerprint density at radius 3 is 2.35 bits per heavy atom. The molecule has 0 atom stereocenters. The number of benzene rings is 3. The highest BCUT2D eigenvalue weighted by Gasteiger charge is 2.15. The molecule has 8 heteroatoms. The molecule has 4 nitrogen and oxygen atoms in total. The molecule has 0 unspecified atom stereocenters. The third-order valence-electron chi connectivity index (χ3n) is 4.47. The zero-order chi connectivity index (χ0) is 22.4. The van der Waals surface area contributed by atoms with E-state index < -0.39 is 10.0 Å². The molecule has 0 saturated heterocycles. The largest absolute Gasteiger partial charge is 0.494 e. The fourth-order valence-electron chi connectivity index (χ4n) is 3.01. The van der Waals surface area contributed by atoms with Crippen LogP contribution in [0.2, 0.25) is 10.0 Å². The highest BCUT2D eigenvalue weighted by molar-refractivity contribution is 7.92. The second-order valence-corrected chi connectivity index (χ2v) is 9.89. The van der Waals surface area contributed by atoms with E-state index in [1.165, 1.54) is 12.1 Å². The van der Waals surface area contributed by atoms with E-state index in [9.17, 15) is 8.42 Å². The number of para-hydroxylation sites is 1. The quantitative estimate of drug-likeness (QED) is 0.353. The Labute approximate surface area is 198 Å². The van der Waals surface area contributed by atoms with Crippen LogP contribution in [-0.4, -0.2) is 19.9 Å². The fourth-order valence-corrected chi connectivity index (χ4v) is 4.68. The minimum Gasteiger partial charge on any atom is -0.494 e. The minimum absolute atomic E-state index is 0.148. The van der Waals surface area contributed by atoms with Gasteiger partial charge in [0, 0.05) is 17.7 Å². The van der Waals surface area contributed by atoms with Crippen molar-refractivity contribution in [2.75, 3.05) is 11.3 Å². The Morgan fingerprint density at radius 1 is 0.968 bits per heavy atom. The van der Waals surface area contributed by atoms with Crippen LogP contribution in [0.15, 0.2) is 71.6 Å². The number of hydrogen-bond acceptors (Lipinski definition) is 4. The topological polar surface area (TPSA) is 55.4 Å². The van der Waals surface area contributed by atoms with E-state index in [0.717, 1.165) is 21.7 Å². The van der Waals surface area contributed by atoms with Crippen LogP contribution in [0.25, 0.3) is 0 Å². The van der Waals surface area contributed by atoms with Crippen LogP contribution in [0.4, 0.5) is 5.69 Å². The summed E-state index contributed by atoms with van der Waals surface area (Å²) in [5.74, 6) is 0.835. The van der Waals surface area contributed by atoms with E-state index in [1.54, 1.807) is 30.3 Å². The predicted molar refractivity (Wildman–Crippen MR) is 131 cm³/mol. The first-order valence-corrected chi connectivity index (χ1v) is 12.2. The molecule has 0 heterocycles. The summed E-state index contributed by atoms with van der Waals surface area (Å²) in [5, 5.41) is 0.630. The van der Waals surface area contributed by atoms with E-state index in [2.05, 4.69) is 4.72 Å². The number of halogens is 2. The van der Waals surface area contributed by atoms with Gasteiger partial charge in [-0.25, -0.2) is 8.42 Å². The van der Waals surface area contributed by atoms with Crippen LogP contribution < -0.4 is 9.46 Å². The van der Waals surface area contributed by atoms with Gasteiger partial charge in [0.2, 0.25) is 0 Å². The fraction of sp³-hybridized carbons (Fsp3) is 0.174. The van der Waals surface area contributed by atoms with E-state index >= 15 is 0 Å². The third kappa shape index (κ3) is 6.43. The van der Waals surface area contributed by atoms with Crippen molar-refractivity contribution in [1.29, 1.82) is 0 Å². The number of sulfonamides is 1. The predicted octanol–water partition coefficient (Wildman–Crippen LogP) is 6.35. The van der Waals surface area contributed by atoms with Crippen LogP contribution in [-0.2, 0) is 22.9 Å². The van der Waals surface area contributed by atoms with Crippen molar-refractivity contribution in [2.24, 2.45) is 0 Å². The highest BCUT2D eigenvalue weighted by Crippen LogP contribution is 2.27. The molecule has 0 aliphatic rings. The Hall–Kier alpha value is -2.12. The van der Waals surface area contributed by atoms with Gasteiger partial charge in [0.05, 0.1) is 27.2 Å². The van der Waals surface area contributed by atoms with Crippen molar-refractivity contribution in [1.82, 2.24) is 0 Å². The molecule has 31 heavy (non-hydrogen) atoms. The maximum atomic E-state index is 12.6. The Kier molecular flexibility index (Phi) is 7.94. The van der Waals surface area contributed by atoms with Crippen LogP contribution >= 0.6 is 35.4 Å². The van der Waals surface area contributed by atoms with Gasteiger partial charge in [-0.15, -0.1) is 0 Å². The first-order valence-electron chi connectivity index (χ1n) is 9.57. The van der Waals surface area contributed by atoms with Crippen LogP contribution in [0.5, 0.6) is 5.75 Å². The van der Waals surface area contributed by atoms with E-state index in [4.69, 9.17) is 40.2 Å². The lowest BCUT2D eigenvalue weighted by Gasteiger charge is -2.11. The summed E-state index contributed by atoms with van der Waals surface area (Å²) >= 11 is 17.4. The summed E-state index contributed by atoms with van der Waals surface area (Å²) in [6.45, 7) is 2.54. The Morgan fingerprint density at radius 2 is 1.68 bits per heavy atom. The third-order valence-corrected chi connectivity index (χ3v) is 6.89. The van der Waals surface area contributed by atoms with E-state index in [1.807, 2.05) is 31.2 Å². The van der Waals surface area contributed by atoms with Gasteiger partial charge < -0.3 is 4.74 Å². The minimum atomic E-state index is -3.75. The molecule has 1 N–H and O–H groups in total. The average Bonchev–Trinajstić information content (AvgIpc) is 2.72. The van der Waals surface area contributed by atoms with E-state index in [-0.39, 0.29) is 9.92 Å². The molecule has 3 aromatic rings. The monoisotopic (exact) mass is 493 g/mol. The number of anilines is 1. The molecule has 3 aromatic carbocycles. The van der Waals surface area contributed by atoms with Gasteiger partial charge in [-0.3, -0.25) is 4.72 Å². The van der Waals surface area contributed by atoms with Gasteiger partial charge in [-0.2, -0.15) is 0 Å². The molecule has 0 aliphatic heterocycles. The number of ether oxygens (including phenoxy) is 1. The molecule has 0 bridgehead atoms. The summed E-state index contributed by atoms with van der Waals surface area (Å²) in [7, 11) is -3.75. The lowest BCUT2D eigenvalue weighted by Crippen LogP contribution is -2.13. The molecule has 0 saturated carbocycles. The van der Waals surface area contributed by atoms with Gasteiger partial charge in [-0.1, -0.05) is 65.8 Å². The SMILES string of the molecule is CCOc1ccccc1CC(=S)Cc1ccc(S(=O)(=O)Nc2ccc(Cl)c(Cl)c2)cc1. The molecule has 0 amide bonds. The smallest absolute Gasteiger partial charge is 0.261 e. The van der Waals surface area contributed by atoms with Gasteiger partial charge in [-0.05, 0) is 54.4 Å². The van der Waals surface area contributed by atoms with Crippen molar-refractivity contribution >= 4 is 56.0 Å². The van der Waals surface area contributed by atoms with Crippen molar-refractivity contribution in [3.8, 4) is 5.75 Å². The molecule has 0 aliphatic carbocycles. The van der Waals surface area contributed by atoms with Gasteiger partial charge in [0.15, 0.2) is 0 Å². The summed E-state index contributed by atoms with van der Waals surface area (Å²) in [4.78, 5) is 0.992. The lowest BCUT2D eigenvalue weighted by atomic mass is 10.0. The maximum Gasteiger partial charge on any atom is 0.261 e. The molecule has 162 valence electrons. The van der Waals surface area contributed by atoms with Crippen molar-refractivity contribution in [3.05, 3.63) is 87.9 Å². The molecular formula is C23H21Cl2NO3S2. The summed E-state index contributed by atoms with van der Waals surface area (Å²) in [6.07, 6.45) is 1.18. The molecular weight excluding hydrogens is 473 g/mol. The van der Waals surface area contributed by atoms with Crippen LogP contribution in [0.1, 0.15) is 18.1 Å². The number of thiocarbonyl (C=S) groups is 1. The van der Waals surface area contributed by atoms with Gasteiger partial charge in [0.25, 0.3) is 10.0 Å². The standard InChI is InChI=1S/C23H21Cl2NO3S2/c1-2-29-23-6-4-3-5-17(23)14-19(30)13-16-7-10-20(11-8-16)31(27,28)26-18-9-12-21(24)22(25)15-18/h3-12,15,26H,2,13-14H2,1H3. The second-order valence-electron chi connectivity index (χ2n) is 6.81. The normalized spacial score (nSPS) is 11.2. The van der Waals surface area contributed by atoms with Gasteiger partial charge >= 0.3 is 0 Å². The zero-order valence-electron chi connectivity index (χ0n) is 16.8. The zero-order valence-corrected chi connectivity index (χ0v) is 19.9. The van der Waals surface area contributed by atoms with Crippen molar-refractivity contribution in [3.63, 3.8) is 0 Å².